The number of rotatable bonds is 7. The third kappa shape index (κ3) is 11.0. The van der Waals surface area contributed by atoms with Gasteiger partial charge in [0.05, 0.1) is 24.5 Å². The van der Waals surface area contributed by atoms with Crippen molar-refractivity contribution in [2.75, 3.05) is 31.1 Å². The molecular weight excluding hydrogens is 338 g/mol. The molecule has 0 aliphatic heterocycles. The van der Waals surface area contributed by atoms with Crippen molar-refractivity contribution in [3.05, 3.63) is 18.2 Å². The number of hydrogen-bond acceptors (Lipinski definition) is 5. The number of nitrogens with two attached hydrogens (primary N) is 2. The number of quaternary nitrogens is 1. The first kappa shape index (κ1) is 23.7. The van der Waals surface area contributed by atoms with Crippen LogP contribution in [-0.4, -0.2) is 32.6 Å². The van der Waals surface area contributed by atoms with Crippen molar-refractivity contribution >= 4 is 21.5 Å². The Labute approximate surface area is 153 Å². The van der Waals surface area contributed by atoms with Gasteiger partial charge in [-0.15, -0.1) is 0 Å². The smallest absolute Gasteiger partial charge is 0.126 e. The van der Waals surface area contributed by atoms with E-state index in [2.05, 4.69) is 41.5 Å². The summed E-state index contributed by atoms with van der Waals surface area (Å²) in [7, 11) is -4.51. The molecule has 5 N–H and O–H groups in total. The number of benzene rings is 1. The van der Waals surface area contributed by atoms with E-state index in [0.717, 1.165) is 23.8 Å². The molecule has 0 aliphatic carbocycles. The molecule has 0 amide bonds. The average Bonchev–Trinajstić information content (AvgIpc) is 2.38. The van der Waals surface area contributed by atoms with Crippen LogP contribution in [0.3, 0.4) is 0 Å². The van der Waals surface area contributed by atoms with Crippen LogP contribution in [0.5, 0.6) is 0 Å². The molecule has 1 aromatic rings. The van der Waals surface area contributed by atoms with Crippen LogP contribution in [0, 0.1) is 17.8 Å². The van der Waals surface area contributed by atoms with Gasteiger partial charge >= 0.3 is 0 Å². The van der Waals surface area contributed by atoms with Crippen molar-refractivity contribution in [2.45, 2.75) is 46.4 Å². The topological polar surface area (TPSA) is 114 Å². The lowest BCUT2D eigenvalue weighted by Gasteiger charge is -2.24. The molecule has 1 rings (SSSR count). The molecule has 0 aromatic heterocycles. The van der Waals surface area contributed by atoms with Gasteiger partial charge in [-0.3, -0.25) is 0 Å². The number of nitrogens with one attached hydrogen (secondary N) is 1. The third-order valence-electron chi connectivity index (χ3n) is 3.40. The lowest BCUT2D eigenvalue weighted by Crippen LogP contribution is -3.13. The van der Waals surface area contributed by atoms with Gasteiger partial charge in [0.2, 0.25) is 0 Å². The Bertz CT molecular complexity index is 590. The van der Waals surface area contributed by atoms with E-state index < -0.39 is 15.0 Å². The first-order valence-corrected chi connectivity index (χ1v) is 10.2. The molecule has 0 saturated carbocycles. The van der Waals surface area contributed by atoms with Gasteiger partial charge in [0.15, 0.2) is 0 Å². The van der Waals surface area contributed by atoms with Crippen LogP contribution in [-0.2, 0) is 10.1 Å². The molecule has 1 aromatic carbocycles. The van der Waals surface area contributed by atoms with Crippen LogP contribution in [0.25, 0.3) is 0 Å². The van der Waals surface area contributed by atoms with Gasteiger partial charge < -0.3 is 20.9 Å². The normalized spacial score (nSPS) is 12.0. The number of hydrogen-bond donors (Lipinski definition) is 3. The van der Waals surface area contributed by atoms with E-state index in [1.807, 2.05) is 0 Å². The lowest BCUT2D eigenvalue weighted by atomic mass is 10.1. The van der Waals surface area contributed by atoms with E-state index in [9.17, 15) is 13.0 Å². The van der Waals surface area contributed by atoms with Crippen LogP contribution in [0.2, 0.25) is 0 Å². The summed E-state index contributed by atoms with van der Waals surface area (Å²) < 4.78 is 31.5. The van der Waals surface area contributed by atoms with Crippen LogP contribution >= 0.6 is 0 Å². The first-order chi connectivity index (χ1) is 11.3. The second-order valence-electron chi connectivity index (χ2n) is 7.80. The monoisotopic (exact) mass is 373 g/mol. The number of nitrogen functional groups attached to an aromatic ring is 2. The summed E-state index contributed by atoms with van der Waals surface area (Å²) in [5, 5.41) is 0. The minimum Gasteiger partial charge on any atom is -0.744 e. The highest BCUT2D eigenvalue weighted by Gasteiger charge is 2.14. The van der Waals surface area contributed by atoms with E-state index in [1.165, 1.54) is 31.8 Å². The summed E-state index contributed by atoms with van der Waals surface area (Å²) in [5.74, 6) is 2.48. The van der Waals surface area contributed by atoms with Gasteiger partial charge in [0.1, 0.15) is 10.1 Å². The highest BCUT2D eigenvalue weighted by atomic mass is 32.2. The lowest BCUT2D eigenvalue weighted by molar-refractivity contribution is -0.909. The highest BCUT2D eigenvalue weighted by Crippen LogP contribution is 2.20. The van der Waals surface area contributed by atoms with Crippen LogP contribution in [0.4, 0.5) is 11.4 Å². The molecular formula is C18H35N3O3S. The molecule has 7 heteroatoms. The summed E-state index contributed by atoms with van der Waals surface area (Å²) in [6, 6.07) is 3.74. The minimum atomic E-state index is -4.51. The third-order valence-corrected chi connectivity index (χ3v) is 4.29. The molecule has 0 fully saturated rings. The summed E-state index contributed by atoms with van der Waals surface area (Å²) in [6.07, 6.45) is 0. The average molecular weight is 374 g/mol. The fourth-order valence-corrected chi connectivity index (χ4v) is 3.39. The van der Waals surface area contributed by atoms with Gasteiger partial charge in [-0.05, 0) is 18.2 Å². The van der Waals surface area contributed by atoms with E-state index >= 15 is 0 Å². The summed E-state index contributed by atoms with van der Waals surface area (Å²) in [4.78, 5) is 1.31. The summed E-state index contributed by atoms with van der Waals surface area (Å²) in [5.41, 5.74) is 10.6. The Hall–Kier alpha value is -1.31. The van der Waals surface area contributed by atoms with E-state index in [1.54, 1.807) is 4.90 Å². The molecule has 0 radical (unpaired) electrons. The van der Waals surface area contributed by atoms with Gasteiger partial charge in [0.25, 0.3) is 0 Å². The van der Waals surface area contributed by atoms with Gasteiger partial charge in [-0.2, -0.15) is 0 Å². The summed E-state index contributed by atoms with van der Waals surface area (Å²) in [6.45, 7) is 17.9. The first-order valence-electron chi connectivity index (χ1n) is 8.77. The second-order valence-corrected chi connectivity index (χ2v) is 9.14. The molecule has 0 aliphatic rings. The Morgan fingerprint density at radius 1 is 0.920 bits per heavy atom. The largest absolute Gasteiger partial charge is 0.744 e. The van der Waals surface area contributed by atoms with Crippen molar-refractivity contribution in [1.29, 1.82) is 0 Å². The Morgan fingerprint density at radius 2 is 1.32 bits per heavy atom. The fraction of sp³-hybridized carbons (Fsp3) is 0.667. The molecule has 146 valence electrons. The Morgan fingerprint density at radius 3 is 1.60 bits per heavy atom. The highest BCUT2D eigenvalue weighted by molar-refractivity contribution is 7.86. The predicted octanol–water partition coefficient (Wildman–Crippen LogP) is 1.59. The van der Waals surface area contributed by atoms with Crippen LogP contribution in [0.1, 0.15) is 41.5 Å². The molecule has 0 atom stereocenters. The SMILES string of the molecule is CC(C)C[NH+](CC(C)C)CC(C)C.Nc1ccc(N)c(S(=O)(=O)[O-])c1. The standard InChI is InChI=1S/C12H27N.C6H8N2O3S/c1-10(2)7-13(8-11(3)4)9-12(5)6;7-4-1-2-5(8)6(3-4)12(9,10)11/h10-12H,7-9H2,1-6H3;1-3H,7-8H2,(H,9,10,11). The molecule has 0 heterocycles. The Kier molecular flexibility index (Phi) is 10.1. The van der Waals surface area contributed by atoms with Crippen molar-refractivity contribution in [3.8, 4) is 0 Å². The van der Waals surface area contributed by atoms with Crippen LogP contribution < -0.4 is 16.4 Å². The molecule has 0 unspecified atom stereocenters. The molecule has 25 heavy (non-hydrogen) atoms. The van der Waals surface area contributed by atoms with Gasteiger partial charge in [0, 0.05) is 29.1 Å². The van der Waals surface area contributed by atoms with Crippen molar-refractivity contribution < 1.29 is 17.9 Å². The second kappa shape index (κ2) is 10.6. The van der Waals surface area contributed by atoms with Crippen molar-refractivity contribution in [2.24, 2.45) is 17.8 Å². The maximum Gasteiger partial charge on any atom is 0.126 e. The number of anilines is 2. The zero-order valence-electron chi connectivity index (χ0n) is 16.4. The van der Waals surface area contributed by atoms with Crippen LogP contribution in [0.15, 0.2) is 23.1 Å². The zero-order valence-corrected chi connectivity index (χ0v) is 17.2. The molecule has 0 bridgehead atoms. The van der Waals surface area contributed by atoms with Gasteiger partial charge in [-0.1, -0.05) is 41.5 Å². The maximum absolute atomic E-state index is 10.5. The van der Waals surface area contributed by atoms with E-state index in [-0.39, 0.29) is 11.4 Å². The fourth-order valence-electron chi connectivity index (χ4n) is 2.75. The van der Waals surface area contributed by atoms with Crippen molar-refractivity contribution in [1.82, 2.24) is 0 Å². The minimum absolute atomic E-state index is 0.0841. The summed E-state index contributed by atoms with van der Waals surface area (Å²) >= 11 is 0. The molecule has 0 spiro atoms. The van der Waals surface area contributed by atoms with E-state index in [4.69, 9.17) is 11.5 Å². The molecule has 6 nitrogen and oxygen atoms in total. The van der Waals surface area contributed by atoms with Gasteiger partial charge in [-0.25, -0.2) is 8.42 Å². The predicted molar refractivity (Wildman–Crippen MR) is 103 cm³/mol. The zero-order chi connectivity index (χ0) is 19.8. The maximum atomic E-state index is 10.5. The Balaban J connectivity index is 0.000000462. The van der Waals surface area contributed by atoms with Crippen molar-refractivity contribution in [3.63, 3.8) is 0 Å². The quantitative estimate of drug-likeness (QED) is 0.496. The van der Waals surface area contributed by atoms with E-state index in [0.29, 0.717) is 0 Å². The molecule has 0 saturated heterocycles.